The van der Waals surface area contributed by atoms with Crippen LogP contribution >= 0.6 is 31.9 Å². The van der Waals surface area contributed by atoms with Crippen molar-refractivity contribution in [2.75, 3.05) is 7.11 Å². The molecule has 3 nitrogen and oxygen atoms in total. The first-order valence-corrected chi connectivity index (χ1v) is 6.85. The molecule has 2 rings (SSSR count). The number of ether oxygens (including phenoxy) is 2. The van der Waals surface area contributed by atoms with Crippen LogP contribution in [0.2, 0.25) is 0 Å². The third-order valence-electron chi connectivity index (χ3n) is 2.30. The van der Waals surface area contributed by atoms with Crippen molar-refractivity contribution < 1.29 is 9.47 Å². The van der Waals surface area contributed by atoms with Crippen molar-refractivity contribution in [2.45, 2.75) is 6.61 Å². The highest BCUT2D eigenvalue weighted by Crippen LogP contribution is 2.22. The Balaban J connectivity index is 2.01. The van der Waals surface area contributed by atoms with Crippen LogP contribution in [0.25, 0.3) is 0 Å². The molecule has 5 heteroatoms. The van der Waals surface area contributed by atoms with Crippen LogP contribution in [0, 0.1) is 0 Å². The van der Waals surface area contributed by atoms with Gasteiger partial charge in [-0.05, 0) is 49.6 Å². The van der Waals surface area contributed by atoms with Crippen LogP contribution in [-0.4, -0.2) is 12.1 Å². The lowest BCUT2D eigenvalue weighted by Crippen LogP contribution is -1.96. The summed E-state index contributed by atoms with van der Waals surface area (Å²) >= 11 is 6.64. The van der Waals surface area contributed by atoms with Gasteiger partial charge in [0.2, 0.25) is 0 Å². The second-order valence-electron chi connectivity index (χ2n) is 3.59. The molecule has 0 atom stereocenters. The van der Waals surface area contributed by atoms with E-state index in [1.165, 1.54) is 0 Å². The van der Waals surface area contributed by atoms with E-state index in [4.69, 9.17) is 9.47 Å². The molecule has 94 valence electrons. The van der Waals surface area contributed by atoms with Gasteiger partial charge in [-0.2, -0.15) is 0 Å². The van der Waals surface area contributed by atoms with Crippen LogP contribution in [0.1, 0.15) is 5.56 Å². The SMILES string of the molecule is COc1ccc(COc2cc(Br)nc(Br)c2)cc1. The normalized spacial score (nSPS) is 10.2. The van der Waals surface area contributed by atoms with Crippen LogP contribution in [0.15, 0.2) is 45.6 Å². The van der Waals surface area contributed by atoms with Gasteiger partial charge >= 0.3 is 0 Å². The van der Waals surface area contributed by atoms with Crippen molar-refractivity contribution in [2.24, 2.45) is 0 Å². The summed E-state index contributed by atoms with van der Waals surface area (Å²) in [5.74, 6) is 1.60. The molecule has 1 heterocycles. The molecule has 0 aliphatic carbocycles. The summed E-state index contributed by atoms with van der Waals surface area (Å²) in [5, 5.41) is 0. The first kappa shape index (κ1) is 13.4. The number of hydrogen-bond acceptors (Lipinski definition) is 3. The highest BCUT2D eigenvalue weighted by Gasteiger charge is 2.01. The van der Waals surface area contributed by atoms with Gasteiger partial charge in [-0.3, -0.25) is 0 Å². The van der Waals surface area contributed by atoms with Crippen molar-refractivity contribution in [3.8, 4) is 11.5 Å². The van der Waals surface area contributed by atoms with Gasteiger partial charge < -0.3 is 9.47 Å². The fraction of sp³-hybridized carbons (Fsp3) is 0.154. The molecule has 2 aromatic rings. The fourth-order valence-corrected chi connectivity index (χ4v) is 2.49. The predicted octanol–water partition coefficient (Wildman–Crippen LogP) is 4.19. The Morgan fingerprint density at radius 3 is 2.17 bits per heavy atom. The van der Waals surface area contributed by atoms with Crippen molar-refractivity contribution >= 4 is 31.9 Å². The maximum Gasteiger partial charge on any atom is 0.125 e. The molecule has 0 radical (unpaired) electrons. The molecule has 0 unspecified atom stereocenters. The number of hydrogen-bond donors (Lipinski definition) is 0. The van der Waals surface area contributed by atoms with E-state index in [9.17, 15) is 0 Å². The standard InChI is InChI=1S/C13H11Br2NO2/c1-17-10-4-2-9(3-5-10)8-18-11-6-12(14)16-13(15)7-11/h2-7H,8H2,1H3. The Labute approximate surface area is 122 Å². The summed E-state index contributed by atoms with van der Waals surface area (Å²) in [6.45, 7) is 0.507. The smallest absolute Gasteiger partial charge is 0.125 e. The Kier molecular flexibility index (Phi) is 4.60. The van der Waals surface area contributed by atoms with E-state index in [2.05, 4.69) is 36.8 Å². The zero-order valence-corrected chi connectivity index (χ0v) is 12.9. The number of pyridine rings is 1. The molecule has 0 fully saturated rings. The summed E-state index contributed by atoms with van der Waals surface area (Å²) in [4.78, 5) is 4.15. The summed E-state index contributed by atoms with van der Waals surface area (Å²) < 4.78 is 12.3. The van der Waals surface area contributed by atoms with Crippen LogP contribution in [0.3, 0.4) is 0 Å². The minimum absolute atomic E-state index is 0.507. The molecular formula is C13H11Br2NO2. The highest BCUT2D eigenvalue weighted by atomic mass is 79.9. The number of aromatic nitrogens is 1. The van der Waals surface area contributed by atoms with Crippen molar-refractivity contribution in [3.05, 3.63) is 51.2 Å². The molecule has 1 aromatic heterocycles. The molecule has 0 aliphatic rings. The Morgan fingerprint density at radius 2 is 1.61 bits per heavy atom. The lowest BCUT2D eigenvalue weighted by molar-refractivity contribution is 0.305. The van der Waals surface area contributed by atoms with E-state index in [-0.39, 0.29) is 0 Å². The van der Waals surface area contributed by atoms with Crippen LogP contribution in [0.4, 0.5) is 0 Å². The van der Waals surface area contributed by atoms with Gasteiger partial charge in [0.05, 0.1) is 7.11 Å². The zero-order chi connectivity index (χ0) is 13.0. The van der Waals surface area contributed by atoms with E-state index >= 15 is 0 Å². The lowest BCUT2D eigenvalue weighted by Gasteiger charge is -2.07. The molecule has 18 heavy (non-hydrogen) atoms. The van der Waals surface area contributed by atoms with Crippen LogP contribution in [0.5, 0.6) is 11.5 Å². The van der Waals surface area contributed by atoms with Gasteiger partial charge in [-0.1, -0.05) is 12.1 Å². The number of nitrogens with zero attached hydrogens (tertiary/aromatic N) is 1. The summed E-state index contributed by atoms with van der Waals surface area (Å²) in [6.07, 6.45) is 0. The number of rotatable bonds is 4. The number of methoxy groups -OCH3 is 1. The average molecular weight is 373 g/mol. The predicted molar refractivity (Wildman–Crippen MR) is 77.0 cm³/mol. The van der Waals surface area contributed by atoms with Gasteiger partial charge in [0.25, 0.3) is 0 Å². The largest absolute Gasteiger partial charge is 0.497 e. The zero-order valence-electron chi connectivity index (χ0n) is 9.69. The molecule has 0 spiro atoms. The monoisotopic (exact) mass is 371 g/mol. The Hall–Kier alpha value is -1.07. The average Bonchev–Trinajstić information content (AvgIpc) is 2.36. The van der Waals surface area contributed by atoms with E-state index in [1.54, 1.807) is 7.11 Å². The Bertz CT molecular complexity index is 509. The molecular weight excluding hydrogens is 362 g/mol. The number of halogens is 2. The van der Waals surface area contributed by atoms with Crippen LogP contribution in [-0.2, 0) is 6.61 Å². The second kappa shape index (κ2) is 6.20. The van der Waals surface area contributed by atoms with Crippen molar-refractivity contribution in [1.29, 1.82) is 0 Å². The first-order chi connectivity index (χ1) is 8.67. The van der Waals surface area contributed by atoms with Crippen molar-refractivity contribution in [3.63, 3.8) is 0 Å². The maximum absolute atomic E-state index is 5.69. The first-order valence-electron chi connectivity index (χ1n) is 5.26. The van der Waals surface area contributed by atoms with Gasteiger partial charge in [0.15, 0.2) is 0 Å². The maximum atomic E-state index is 5.69. The van der Waals surface area contributed by atoms with E-state index < -0.39 is 0 Å². The van der Waals surface area contributed by atoms with E-state index in [0.717, 1.165) is 26.3 Å². The fourth-order valence-electron chi connectivity index (χ4n) is 1.41. The molecule has 0 bridgehead atoms. The highest BCUT2D eigenvalue weighted by molar-refractivity contribution is 9.11. The topological polar surface area (TPSA) is 31.4 Å². The Morgan fingerprint density at radius 1 is 1.00 bits per heavy atom. The second-order valence-corrected chi connectivity index (χ2v) is 5.21. The molecule has 0 saturated heterocycles. The lowest BCUT2D eigenvalue weighted by atomic mass is 10.2. The quantitative estimate of drug-likeness (QED) is 0.754. The van der Waals surface area contributed by atoms with Crippen LogP contribution < -0.4 is 9.47 Å². The van der Waals surface area contributed by atoms with Gasteiger partial charge in [-0.15, -0.1) is 0 Å². The molecule has 0 aliphatic heterocycles. The minimum Gasteiger partial charge on any atom is -0.497 e. The van der Waals surface area contributed by atoms with Gasteiger partial charge in [-0.25, -0.2) is 4.98 Å². The number of benzene rings is 1. The minimum atomic E-state index is 0.507. The van der Waals surface area contributed by atoms with E-state index in [1.807, 2.05) is 36.4 Å². The van der Waals surface area contributed by atoms with Gasteiger partial charge in [0.1, 0.15) is 27.3 Å². The van der Waals surface area contributed by atoms with Crippen molar-refractivity contribution in [1.82, 2.24) is 4.98 Å². The molecule has 0 N–H and O–H groups in total. The summed E-state index contributed by atoms with van der Waals surface area (Å²) in [7, 11) is 1.65. The summed E-state index contributed by atoms with van der Waals surface area (Å²) in [5.41, 5.74) is 1.08. The van der Waals surface area contributed by atoms with Gasteiger partial charge in [0, 0.05) is 12.1 Å². The molecule has 0 amide bonds. The molecule has 1 aromatic carbocycles. The molecule has 0 saturated carbocycles. The van der Waals surface area contributed by atoms with E-state index in [0.29, 0.717) is 6.61 Å². The third-order valence-corrected chi connectivity index (χ3v) is 3.11. The third kappa shape index (κ3) is 3.71. The summed E-state index contributed by atoms with van der Waals surface area (Å²) in [6, 6.07) is 11.4.